The van der Waals surface area contributed by atoms with Crippen LogP contribution in [0.2, 0.25) is 0 Å². The number of nitrogens with zero attached hydrogens (tertiary/aromatic N) is 5. The first-order chi connectivity index (χ1) is 19.1. The number of amides is 1. The molecule has 204 valence electrons. The minimum Gasteiger partial charge on any atom is -0.466 e. The molecule has 0 saturated carbocycles. The van der Waals surface area contributed by atoms with Gasteiger partial charge in [0.1, 0.15) is 22.7 Å². The summed E-state index contributed by atoms with van der Waals surface area (Å²) in [6, 6.07) is 14.5. The number of unbranched alkanes of at least 4 members (excludes halogenated alkanes) is 1. The van der Waals surface area contributed by atoms with Crippen LogP contribution in [0.1, 0.15) is 51.8 Å². The van der Waals surface area contributed by atoms with Crippen molar-refractivity contribution in [2.45, 2.75) is 52.4 Å². The molecule has 3 heterocycles. The van der Waals surface area contributed by atoms with Gasteiger partial charge in [-0.15, -0.1) is 0 Å². The van der Waals surface area contributed by atoms with E-state index in [0.717, 1.165) is 71.3 Å². The second-order valence-corrected chi connectivity index (χ2v) is 9.87. The number of carbonyl (C=O) groups is 2. The predicted molar refractivity (Wildman–Crippen MR) is 150 cm³/mol. The first kappa shape index (κ1) is 26.6. The fourth-order valence-corrected chi connectivity index (χ4v) is 5.07. The molecule has 39 heavy (non-hydrogen) atoms. The molecular formula is C30H35N5O4. The van der Waals surface area contributed by atoms with Crippen LogP contribution in [-0.2, 0) is 20.7 Å². The van der Waals surface area contributed by atoms with Crippen LogP contribution >= 0.6 is 0 Å². The standard InChI is InChI=1S/C30H35N5O4/c1-3-5-11-24-31-29(35-17-8-16-34(18-19-35)25(36)14-15-26(37)38-4-2)27-28(33-39-30(27)32-24)23-13-12-21-9-6-7-10-22(21)20-23/h6-7,9-10,12-13,20H,3-5,8,11,14-19H2,1-2H3. The first-order valence-electron chi connectivity index (χ1n) is 13.9. The normalized spacial score (nSPS) is 14.1. The van der Waals surface area contributed by atoms with E-state index in [1.807, 2.05) is 17.0 Å². The van der Waals surface area contributed by atoms with Gasteiger partial charge in [-0.25, -0.2) is 4.98 Å². The van der Waals surface area contributed by atoms with Crippen LogP contribution in [-0.4, -0.2) is 64.7 Å². The van der Waals surface area contributed by atoms with Gasteiger partial charge in [-0.3, -0.25) is 9.59 Å². The predicted octanol–water partition coefficient (Wildman–Crippen LogP) is 5.16. The van der Waals surface area contributed by atoms with Gasteiger partial charge in [-0.1, -0.05) is 54.9 Å². The Morgan fingerprint density at radius 3 is 2.64 bits per heavy atom. The summed E-state index contributed by atoms with van der Waals surface area (Å²) in [4.78, 5) is 38.4. The molecular weight excluding hydrogens is 494 g/mol. The van der Waals surface area contributed by atoms with Crippen LogP contribution in [0.15, 0.2) is 47.0 Å². The molecule has 1 aliphatic rings. The summed E-state index contributed by atoms with van der Waals surface area (Å²) in [5.74, 6) is 1.19. The average Bonchev–Trinajstić information content (AvgIpc) is 3.23. The van der Waals surface area contributed by atoms with Gasteiger partial charge in [0, 0.05) is 44.6 Å². The third kappa shape index (κ3) is 6.02. The maximum atomic E-state index is 12.8. The van der Waals surface area contributed by atoms with Gasteiger partial charge in [0.2, 0.25) is 5.91 Å². The van der Waals surface area contributed by atoms with Crippen molar-refractivity contribution < 1.29 is 18.8 Å². The molecule has 0 bridgehead atoms. The number of ether oxygens (including phenoxy) is 1. The van der Waals surface area contributed by atoms with Crippen molar-refractivity contribution in [2.24, 2.45) is 0 Å². The summed E-state index contributed by atoms with van der Waals surface area (Å²) in [6.45, 7) is 6.78. The highest BCUT2D eigenvalue weighted by Crippen LogP contribution is 2.35. The van der Waals surface area contributed by atoms with Crippen molar-refractivity contribution in [2.75, 3.05) is 37.7 Å². The zero-order chi connectivity index (χ0) is 27.2. The lowest BCUT2D eigenvalue weighted by Gasteiger charge is -2.24. The fourth-order valence-electron chi connectivity index (χ4n) is 5.07. The number of aromatic nitrogens is 3. The molecule has 0 atom stereocenters. The second kappa shape index (κ2) is 12.2. The second-order valence-electron chi connectivity index (χ2n) is 9.87. The van der Waals surface area contributed by atoms with Gasteiger partial charge in [-0.2, -0.15) is 4.98 Å². The Balaban J connectivity index is 1.45. The minimum atomic E-state index is -0.334. The lowest BCUT2D eigenvalue weighted by Crippen LogP contribution is -2.35. The van der Waals surface area contributed by atoms with Crippen molar-refractivity contribution in [1.82, 2.24) is 20.0 Å². The highest BCUT2D eigenvalue weighted by atomic mass is 16.5. The number of hydrogen-bond acceptors (Lipinski definition) is 8. The number of anilines is 1. The molecule has 1 fully saturated rings. The number of esters is 1. The van der Waals surface area contributed by atoms with E-state index in [4.69, 9.17) is 19.2 Å². The van der Waals surface area contributed by atoms with Crippen molar-refractivity contribution >= 4 is 39.6 Å². The van der Waals surface area contributed by atoms with E-state index >= 15 is 0 Å². The molecule has 0 spiro atoms. The van der Waals surface area contributed by atoms with Crippen LogP contribution in [0, 0.1) is 0 Å². The average molecular weight is 530 g/mol. The van der Waals surface area contributed by atoms with Gasteiger partial charge in [0.15, 0.2) is 0 Å². The van der Waals surface area contributed by atoms with Crippen molar-refractivity contribution in [3.63, 3.8) is 0 Å². The number of benzene rings is 2. The van der Waals surface area contributed by atoms with Gasteiger partial charge in [-0.05, 0) is 36.6 Å². The van der Waals surface area contributed by atoms with Crippen molar-refractivity contribution in [3.8, 4) is 11.3 Å². The molecule has 1 saturated heterocycles. The molecule has 9 heteroatoms. The summed E-state index contributed by atoms with van der Waals surface area (Å²) in [5, 5.41) is 7.54. The monoisotopic (exact) mass is 529 g/mol. The van der Waals surface area contributed by atoms with E-state index in [2.05, 4.69) is 47.3 Å². The summed E-state index contributed by atoms with van der Waals surface area (Å²) >= 11 is 0. The maximum absolute atomic E-state index is 12.8. The van der Waals surface area contributed by atoms with E-state index < -0.39 is 0 Å². The van der Waals surface area contributed by atoms with Crippen LogP contribution in [0.4, 0.5) is 5.82 Å². The van der Waals surface area contributed by atoms with Crippen molar-refractivity contribution in [3.05, 3.63) is 48.3 Å². The van der Waals surface area contributed by atoms with Gasteiger partial charge >= 0.3 is 5.97 Å². The molecule has 0 radical (unpaired) electrons. The molecule has 5 rings (SSSR count). The highest BCUT2D eigenvalue weighted by molar-refractivity contribution is 6.00. The Hall–Kier alpha value is -4.01. The van der Waals surface area contributed by atoms with Crippen LogP contribution in [0.25, 0.3) is 33.1 Å². The lowest BCUT2D eigenvalue weighted by molar-refractivity contribution is -0.145. The van der Waals surface area contributed by atoms with Crippen LogP contribution in [0.3, 0.4) is 0 Å². The Morgan fingerprint density at radius 2 is 1.82 bits per heavy atom. The Morgan fingerprint density at radius 1 is 0.974 bits per heavy atom. The van der Waals surface area contributed by atoms with E-state index in [1.54, 1.807) is 6.92 Å². The zero-order valence-electron chi connectivity index (χ0n) is 22.7. The summed E-state index contributed by atoms with van der Waals surface area (Å²) in [6.07, 6.45) is 3.85. The van der Waals surface area contributed by atoms with E-state index in [0.29, 0.717) is 32.0 Å². The molecule has 0 aliphatic carbocycles. The van der Waals surface area contributed by atoms with Crippen LogP contribution in [0.5, 0.6) is 0 Å². The number of carbonyl (C=O) groups excluding carboxylic acids is 2. The molecule has 2 aromatic carbocycles. The van der Waals surface area contributed by atoms with E-state index in [1.165, 1.54) is 0 Å². The maximum Gasteiger partial charge on any atom is 0.306 e. The van der Waals surface area contributed by atoms with Crippen LogP contribution < -0.4 is 4.90 Å². The first-order valence-corrected chi connectivity index (χ1v) is 13.9. The Kier molecular flexibility index (Phi) is 8.34. The lowest BCUT2D eigenvalue weighted by atomic mass is 10.0. The van der Waals surface area contributed by atoms with Gasteiger partial charge < -0.3 is 19.1 Å². The third-order valence-corrected chi connectivity index (χ3v) is 7.14. The quantitative estimate of drug-likeness (QED) is 0.274. The number of fused-ring (bicyclic) bond motifs is 2. The minimum absolute atomic E-state index is 0.0248. The number of hydrogen-bond donors (Lipinski definition) is 0. The smallest absolute Gasteiger partial charge is 0.306 e. The number of aryl methyl sites for hydroxylation is 1. The van der Waals surface area contributed by atoms with E-state index in [-0.39, 0.29) is 24.7 Å². The highest BCUT2D eigenvalue weighted by Gasteiger charge is 2.26. The summed E-state index contributed by atoms with van der Waals surface area (Å²) < 4.78 is 10.8. The molecule has 1 aliphatic heterocycles. The molecule has 1 amide bonds. The summed E-state index contributed by atoms with van der Waals surface area (Å²) in [7, 11) is 0. The molecule has 9 nitrogen and oxygen atoms in total. The number of rotatable bonds is 9. The van der Waals surface area contributed by atoms with Gasteiger partial charge in [0.05, 0.1) is 13.0 Å². The molecule has 0 N–H and O–H groups in total. The summed E-state index contributed by atoms with van der Waals surface area (Å²) in [5.41, 5.74) is 2.16. The fraction of sp³-hybridized carbons (Fsp3) is 0.433. The molecule has 4 aromatic rings. The SMILES string of the molecule is CCCCc1nc(N2CCCN(C(=O)CCC(=O)OCC)CC2)c2c(-c3ccc4ccccc4c3)noc2n1. The topological polar surface area (TPSA) is 102 Å². The molecule has 0 unspecified atom stereocenters. The van der Waals surface area contributed by atoms with Gasteiger partial charge in [0.25, 0.3) is 5.71 Å². The zero-order valence-corrected chi connectivity index (χ0v) is 22.7. The van der Waals surface area contributed by atoms with E-state index in [9.17, 15) is 9.59 Å². The van der Waals surface area contributed by atoms with Crippen molar-refractivity contribution in [1.29, 1.82) is 0 Å². The third-order valence-electron chi connectivity index (χ3n) is 7.14. The molecule has 2 aromatic heterocycles. The Bertz CT molecular complexity index is 1470. The Labute approximate surface area is 228 Å². The largest absolute Gasteiger partial charge is 0.466 e.